The highest BCUT2D eigenvalue weighted by Crippen LogP contribution is 2.30. The molecule has 2 aliphatic heterocycles. The Morgan fingerprint density at radius 2 is 1.83 bits per heavy atom. The minimum atomic E-state index is -1.28. The van der Waals surface area contributed by atoms with Crippen LogP contribution < -0.4 is 0 Å². The maximum atomic E-state index is 13.2. The van der Waals surface area contributed by atoms with Crippen LogP contribution in [0.25, 0.3) is 10.9 Å². The minimum absolute atomic E-state index is 0.102. The molecule has 1 saturated heterocycles. The molecule has 0 aliphatic carbocycles. The average Bonchev–Trinajstić information content (AvgIpc) is 3.14. The normalized spacial score (nSPS) is 22.4. The lowest BCUT2D eigenvalue weighted by atomic mass is 9.90. The van der Waals surface area contributed by atoms with Gasteiger partial charge >= 0.3 is 0 Å². The van der Waals surface area contributed by atoms with E-state index in [-0.39, 0.29) is 5.91 Å². The SMILES string of the molecule is O=C1N(CCc2ccccc2)CCCC1(O)CN1CCc2[nH]c3ccccc3c2C1. The van der Waals surface area contributed by atoms with Gasteiger partial charge < -0.3 is 15.0 Å². The number of carbonyl (C=O) groups is 1. The van der Waals surface area contributed by atoms with Crippen molar-refractivity contribution in [2.75, 3.05) is 26.2 Å². The van der Waals surface area contributed by atoms with Gasteiger partial charge in [0.05, 0.1) is 0 Å². The number of benzene rings is 2. The molecule has 0 bridgehead atoms. The van der Waals surface area contributed by atoms with E-state index in [1.807, 2.05) is 23.1 Å². The summed E-state index contributed by atoms with van der Waals surface area (Å²) in [6.07, 6.45) is 3.14. The molecule has 1 amide bonds. The molecule has 5 rings (SSSR count). The Kier molecular flexibility index (Phi) is 5.09. The first-order valence-corrected chi connectivity index (χ1v) is 11.0. The number of hydrogen-bond donors (Lipinski definition) is 2. The molecule has 3 heterocycles. The van der Waals surface area contributed by atoms with Crippen molar-refractivity contribution >= 4 is 16.8 Å². The fourth-order valence-electron chi connectivity index (χ4n) is 5.06. The molecule has 5 heteroatoms. The number of aliphatic hydroxyl groups is 1. The molecule has 1 fully saturated rings. The highest BCUT2D eigenvalue weighted by atomic mass is 16.3. The number of aromatic amines is 1. The second-order valence-corrected chi connectivity index (χ2v) is 8.75. The zero-order valence-electron chi connectivity index (χ0n) is 17.3. The van der Waals surface area contributed by atoms with E-state index in [2.05, 4.69) is 46.3 Å². The number of nitrogens with one attached hydrogen (secondary N) is 1. The highest BCUT2D eigenvalue weighted by molar-refractivity contribution is 5.86. The van der Waals surface area contributed by atoms with Crippen molar-refractivity contribution in [3.8, 4) is 0 Å². The van der Waals surface area contributed by atoms with Gasteiger partial charge in [-0.15, -0.1) is 0 Å². The lowest BCUT2D eigenvalue weighted by molar-refractivity contribution is -0.159. The number of H-pyrrole nitrogens is 1. The molecule has 0 spiro atoms. The lowest BCUT2D eigenvalue weighted by Gasteiger charge is -2.41. The van der Waals surface area contributed by atoms with Crippen LogP contribution in [0.5, 0.6) is 0 Å². The summed E-state index contributed by atoms with van der Waals surface area (Å²) in [6.45, 7) is 3.45. The minimum Gasteiger partial charge on any atom is -0.379 e. The van der Waals surface area contributed by atoms with Crippen molar-refractivity contribution in [3.05, 3.63) is 71.4 Å². The summed E-state index contributed by atoms with van der Waals surface area (Å²) in [6, 6.07) is 18.6. The van der Waals surface area contributed by atoms with E-state index in [1.165, 1.54) is 27.7 Å². The Morgan fingerprint density at radius 3 is 2.70 bits per heavy atom. The summed E-state index contributed by atoms with van der Waals surface area (Å²) in [7, 11) is 0. The van der Waals surface area contributed by atoms with Gasteiger partial charge in [0.1, 0.15) is 0 Å². The number of aromatic nitrogens is 1. The Morgan fingerprint density at radius 1 is 1.03 bits per heavy atom. The van der Waals surface area contributed by atoms with E-state index >= 15 is 0 Å². The fraction of sp³-hybridized carbons (Fsp3) is 0.400. The van der Waals surface area contributed by atoms with Gasteiger partial charge in [-0.05, 0) is 36.5 Å². The maximum absolute atomic E-state index is 13.2. The third kappa shape index (κ3) is 3.64. The predicted molar refractivity (Wildman–Crippen MR) is 118 cm³/mol. The first-order valence-electron chi connectivity index (χ1n) is 11.0. The second-order valence-electron chi connectivity index (χ2n) is 8.75. The molecule has 5 nitrogen and oxygen atoms in total. The van der Waals surface area contributed by atoms with Gasteiger partial charge in [0.25, 0.3) is 5.91 Å². The summed E-state index contributed by atoms with van der Waals surface area (Å²) in [4.78, 5) is 20.8. The van der Waals surface area contributed by atoms with Gasteiger partial charge in [0, 0.05) is 55.7 Å². The molecule has 156 valence electrons. The molecule has 2 N–H and O–H groups in total. The summed E-state index contributed by atoms with van der Waals surface area (Å²) in [5, 5.41) is 12.6. The van der Waals surface area contributed by atoms with Crippen LogP contribution in [0, 0.1) is 0 Å². The van der Waals surface area contributed by atoms with E-state index in [4.69, 9.17) is 0 Å². The van der Waals surface area contributed by atoms with Crippen LogP contribution in [-0.4, -0.2) is 57.6 Å². The van der Waals surface area contributed by atoms with E-state index < -0.39 is 5.60 Å². The van der Waals surface area contributed by atoms with Crippen LogP contribution in [0.15, 0.2) is 54.6 Å². The van der Waals surface area contributed by atoms with Gasteiger partial charge in [-0.2, -0.15) is 0 Å². The summed E-state index contributed by atoms with van der Waals surface area (Å²) < 4.78 is 0. The molecule has 2 aromatic carbocycles. The van der Waals surface area contributed by atoms with Crippen LogP contribution in [0.1, 0.15) is 29.7 Å². The molecular weight excluding hydrogens is 374 g/mol. The van der Waals surface area contributed by atoms with Crippen molar-refractivity contribution in [1.82, 2.24) is 14.8 Å². The predicted octanol–water partition coefficient (Wildman–Crippen LogP) is 3.12. The quantitative estimate of drug-likeness (QED) is 0.688. The number of fused-ring (bicyclic) bond motifs is 3. The topological polar surface area (TPSA) is 59.6 Å². The standard InChI is InChI=1S/C25H29N3O2/c29-24-25(30,13-6-14-28(24)16-11-19-7-2-1-3-8-19)18-27-15-12-23-21(17-27)20-9-4-5-10-22(20)26-23/h1-5,7-10,26,30H,6,11-18H2. The number of para-hydroxylation sites is 1. The molecular formula is C25H29N3O2. The van der Waals surface area contributed by atoms with Crippen LogP contribution in [0.2, 0.25) is 0 Å². The lowest BCUT2D eigenvalue weighted by Crippen LogP contribution is -2.59. The van der Waals surface area contributed by atoms with Crippen LogP contribution in [-0.2, 0) is 24.2 Å². The molecule has 3 aromatic rings. The van der Waals surface area contributed by atoms with Crippen LogP contribution in [0.4, 0.5) is 0 Å². The third-order valence-electron chi connectivity index (χ3n) is 6.66. The highest BCUT2D eigenvalue weighted by Gasteiger charge is 2.43. The van der Waals surface area contributed by atoms with Crippen molar-refractivity contribution < 1.29 is 9.90 Å². The summed E-state index contributed by atoms with van der Waals surface area (Å²) in [5.74, 6) is -0.102. The van der Waals surface area contributed by atoms with E-state index in [0.29, 0.717) is 19.5 Å². The summed E-state index contributed by atoms with van der Waals surface area (Å²) in [5.41, 5.74) is 3.72. The number of carbonyl (C=O) groups excluding carboxylic acids is 1. The van der Waals surface area contributed by atoms with Crippen LogP contribution >= 0.6 is 0 Å². The zero-order valence-corrected chi connectivity index (χ0v) is 17.3. The maximum Gasteiger partial charge on any atom is 0.255 e. The van der Waals surface area contributed by atoms with E-state index in [1.54, 1.807) is 0 Å². The fourth-order valence-corrected chi connectivity index (χ4v) is 5.06. The molecule has 0 saturated carbocycles. The Bertz CT molecular complexity index is 1040. The Hall–Kier alpha value is -2.63. The van der Waals surface area contributed by atoms with Crippen molar-refractivity contribution in [2.24, 2.45) is 0 Å². The van der Waals surface area contributed by atoms with E-state index in [9.17, 15) is 9.90 Å². The monoisotopic (exact) mass is 403 g/mol. The second kappa shape index (κ2) is 7.89. The summed E-state index contributed by atoms with van der Waals surface area (Å²) >= 11 is 0. The molecule has 1 unspecified atom stereocenters. The average molecular weight is 404 g/mol. The number of amides is 1. The largest absolute Gasteiger partial charge is 0.379 e. The first-order chi connectivity index (χ1) is 14.6. The number of hydrogen-bond acceptors (Lipinski definition) is 3. The van der Waals surface area contributed by atoms with Crippen molar-refractivity contribution in [1.29, 1.82) is 0 Å². The van der Waals surface area contributed by atoms with Crippen molar-refractivity contribution in [2.45, 2.75) is 37.8 Å². The molecule has 1 atom stereocenters. The Labute approximate surface area is 177 Å². The molecule has 30 heavy (non-hydrogen) atoms. The number of piperidine rings is 1. The molecule has 1 aromatic heterocycles. The van der Waals surface area contributed by atoms with Gasteiger partial charge in [0.15, 0.2) is 5.60 Å². The van der Waals surface area contributed by atoms with Gasteiger partial charge in [-0.25, -0.2) is 0 Å². The van der Waals surface area contributed by atoms with E-state index in [0.717, 1.165) is 38.9 Å². The first kappa shape index (κ1) is 19.3. The van der Waals surface area contributed by atoms with Gasteiger partial charge in [-0.3, -0.25) is 9.69 Å². The smallest absolute Gasteiger partial charge is 0.255 e. The third-order valence-corrected chi connectivity index (χ3v) is 6.66. The zero-order chi connectivity index (χ0) is 20.6. The van der Waals surface area contributed by atoms with Gasteiger partial charge in [-0.1, -0.05) is 48.5 Å². The van der Waals surface area contributed by atoms with Crippen LogP contribution in [0.3, 0.4) is 0 Å². The number of rotatable bonds is 5. The van der Waals surface area contributed by atoms with Crippen molar-refractivity contribution in [3.63, 3.8) is 0 Å². The number of nitrogens with zero attached hydrogens (tertiary/aromatic N) is 2. The molecule has 2 aliphatic rings. The number of likely N-dealkylation sites (tertiary alicyclic amines) is 1. The Balaban J connectivity index is 1.27. The van der Waals surface area contributed by atoms with Gasteiger partial charge in [0.2, 0.25) is 0 Å². The number of β-amino-alcohol motifs (C(OH)–C–C–N with tert-alkyl or cyclic N) is 1. The molecule has 0 radical (unpaired) electrons.